The highest BCUT2D eigenvalue weighted by atomic mass is 32.2. The lowest BCUT2D eigenvalue weighted by atomic mass is 9.72. The van der Waals surface area contributed by atoms with Gasteiger partial charge < -0.3 is 0 Å². The van der Waals surface area contributed by atoms with Crippen LogP contribution in [0.1, 0.15) is 41.5 Å². The molecule has 0 bridgehead atoms. The zero-order valence-corrected chi connectivity index (χ0v) is 10.5. The molecule has 0 N–H and O–H groups in total. The molecule has 13 heavy (non-hydrogen) atoms. The molecule has 0 spiro atoms. The molecule has 0 aromatic carbocycles. The lowest BCUT2D eigenvalue weighted by molar-refractivity contribution is 0.222. The van der Waals surface area contributed by atoms with Crippen LogP contribution in [0.15, 0.2) is 11.5 Å². The maximum absolute atomic E-state index is 2.39. The molecule has 0 fully saturated rings. The molecule has 0 amide bonds. The van der Waals surface area contributed by atoms with Gasteiger partial charge in [-0.05, 0) is 22.2 Å². The van der Waals surface area contributed by atoms with E-state index in [-0.39, 0.29) is 0 Å². The van der Waals surface area contributed by atoms with Gasteiger partial charge in [0, 0.05) is 5.25 Å². The average molecular weight is 198 g/mol. The molecule has 1 heteroatoms. The van der Waals surface area contributed by atoms with Crippen LogP contribution in [0.5, 0.6) is 0 Å². The molecule has 0 aromatic heterocycles. The van der Waals surface area contributed by atoms with Gasteiger partial charge in [0.25, 0.3) is 0 Å². The third-order valence-electron chi connectivity index (χ3n) is 2.69. The maximum atomic E-state index is 2.39. The summed E-state index contributed by atoms with van der Waals surface area (Å²) in [7, 11) is 0. The SMILES string of the molecule is CC(C)(C)C1C=CSC1C(C)(C)C. The van der Waals surface area contributed by atoms with Crippen LogP contribution >= 0.6 is 11.8 Å². The van der Waals surface area contributed by atoms with Crippen LogP contribution in [0.25, 0.3) is 0 Å². The summed E-state index contributed by atoms with van der Waals surface area (Å²) in [5, 5.41) is 3.03. The van der Waals surface area contributed by atoms with Gasteiger partial charge >= 0.3 is 0 Å². The highest BCUT2D eigenvalue weighted by Crippen LogP contribution is 2.48. The van der Waals surface area contributed by atoms with Crippen molar-refractivity contribution in [3.05, 3.63) is 11.5 Å². The number of thioether (sulfide) groups is 1. The first-order valence-electron chi connectivity index (χ1n) is 5.05. The minimum absolute atomic E-state index is 0.401. The van der Waals surface area contributed by atoms with E-state index in [9.17, 15) is 0 Å². The summed E-state index contributed by atoms with van der Waals surface area (Å²) in [6, 6.07) is 0. The van der Waals surface area contributed by atoms with Crippen molar-refractivity contribution in [3.63, 3.8) is 0 Å². The van der Waals surface area contributed by atoms with E-state index in [2.05, 4.69) is 53.0 Å². The maximum Gasteiger partial charge on any atom is 0.0205 e. The summed E-state index contributed by atoms with van der Waals surface area (Å²) < 4.78 is 0. The van der Waals surface area contributed by atoms with Crippen LogP contribution in [0.2, 0.25) is 0 Å². The van der Waals surface area contributed by atoms with Crippen molar-refractivity contribution in [3.8, 4) is 0 Å². The highest BCUT2D eigenvalue weighted by Gasteiger charge is 2.39. The van der Waals surface area contributed by atoms with Crippen molar-refractivity contribution >= 4 is 11.8 Å². The van der Waals surface area contributed by atoms with Crippen LogP contribution in [-0.4, -0.2) is 5.25 Å². The summed E-state index contributed by atoms with van der Waals surface area (Å²) in [6.07, 6.45) is 2.39. The minimum atomic E-state index is 0.401. The van der Waals surface area contributed by atoms with Crippen molar-refractivity contribution in [2.45, 2.75) is 46.8 Å². The van der Waals surface area contributed by atoms with Gasteiger partial charge in [0.2, 0.25) is 0 Å². The third-order valence-corrected chi connectivity index (χ3v) is 4.30. The Balaban J connectivity index is 2.81. The predicted octanol–water partition coefficient (Wildman–Crippen LogP) is 4.32. The van der Waals surface area contributed by atoms with Gasteiger partial charge in [-0.15, -0.1) is 11.8 Å². The summed E-state index contributed by atoms with van der Waals surface area (Å²) in [5.41, 5.74) is 0.810. The normalized spacial score (nSPS) is 29.7. The first-order valence-corrected chi connectivity index (χ1v) is 5.99. The average Bonchev–Trinajstić information content (AvgIpc) is 2.27. The van der Waals surface area contributed by atoms with Crippen molar-refractivity contribution in [2.24, 2.45) is 16.7 Å². The summed E-state index contributed by atoms with van der Waals surface area (Å²) in [4.78, 5) is 0. The zero-order chi connectivity index (χ0) is 10.3. The summed E-state index contributed by atoms with van der Waals surface area (Å²) in [6.45, 7) is 14.1. The topological polar surface area (TPSA) is 0 Å². The number of allylic oxidation sites excluding steroid dienone is 1. The fourth-order valence-corrected chi connectivity index (χ4v) is 3.39. The number of rotatable bonds is 0. The Labute approximate surface area is 87.2 Å². The lowest BCUT2D eigenvalue weighted by Gasteiger charge is -2.38. The van der Waals surface area contributed by atoms with E-state index in [1.807, 2.05) is 11.8 Å². The second-order valence-corrected chi connectivity index (χ2v) is 7.20. The van der Waals surface area contributed by atoms with Gasteiger partial charge in [0.05, 0.1) is 0 Å². The largest absolute Gasteiger partial charge is 0.130 e. The van der Waals surface area contributed by atoms with E-state index in [1.165, 1.54) is 0 Å². The molecule has 1 rings (SSSR count). The van der Waals surface area contributed by atoms with Gasteiger partial charge in [0.1, 0.15) is 0 Å². The molecule has 2 unspecified atom stereocenters. The lowest BCUT2D eigenvalue weighted by Crippen LogP contribution is -2.35. The number of hydrogen-bond acceptors (Lipinski definition) is 1. The van der Waals surface area contributed by atoms with Crippen LogP contribution in [0.4, 0.5) is 0 Å². The van der Waals surface area contributed by atoms with Crippen molar-refractivity contribution < 1.29 is 0 Å². The van der Waals surface area contributed by atoms with Crippen molar-refractivity contribution in [1.82, 2.24) is 0 Å². The Morgan fingerprint density at radius 2 is 1.46 bits per heavy atom. The Hall–Kier alpha value is 0.0900. The smallest absolute Gasteiger partial charge is 0.0205 e. The second-order valence-electron chi connectivity index (χ2n) is 6.14. The Morgan fingerprint density at radius 1 is 0.923 bits per heavy atom. The first kappa shape index (κ1) is 11.2. The highest BCUT2D eigenvalue weighted by molar-refractivity contribution is 8.03. The fraction of sp³-hybridized carbons (Fsp3) is 0.833. The van der Waals surface area contributed by atoms with E-state index in [0.29, 0.717) is 10.8 Å². The van der Waals surface area contributed by atoms with Crippen molar-refractivity contribution in [1.29, 1.82) is 0 Å². The molecule has 1 aliphatic heterocycles. The molecule has 2 atom stereocenters. The summed E-state index contributed by atoms with van der Waals surface area (Å²) >= 11 is 2.00. The predicted molar refractivity (Wildman–Crippen MR) is 62.9 cm³/mol. The molecule has 0 saturated carbocycles. The molecule has 1 heterocycles. The molecular formula is C12H22S. The molecule has 1 aliphatic rings. The molecular weight excluding hydrogens is 176 g/mol. The van der Waals surface area contributed by atoms with Gasteiger partial charge in [-0.3, -0.25) is 0 Å². The fourth-order valence-electron chi connectivity index (χ4n) is 1.89. The molecule has 0 saturated heterocycles. The van der Waals surface area contributed by atoms with Crippen LogP contribution in [0, 0.1) is 16.7 Å². The number of hydrogen-bond donors (Lipinski definition) is 0. The first-order chi connectivity index (χ1) is 5.73. The van der Waals surface area contributed by atoms with E-state index in [0.717, 1.165) is 11.2 Å². The molecule has 0 nitrogen and oxygen atoms in total. The minimum Gasteiger partial charge on any atom is -0.130 e. The van der Waals surface area contributed by atoms with Crippen molar-refractivity contribution in [2.75, 3.05) is 0 Å². The second kappa shape index (κ2) is 3.34. The van der Waals surface area contributed by atoms with Crippen LogP contribution in [0.3, 0.4) is 0 Å². The quantitative estimate of drug-likeness (QED) is 0.558. The van der Waals surface area contributed by atoms with Gasteiger partial charge in [-0.1, -0.05) is 47.6 Å². The van der Waals surface area contributed by atoms with Crippen LogP contribution < -0.4 is 0 Å². The Morgan fingerprint density at radius 3 is 1.77 bits per heavy atom. The van der Waals surface area contributed by atoms with Gasteiger partial charge in [-0.2, -0.15) is 0 Å². The van der Waals surface area contributed by atoms with E-state index < -0.39 is 0 Å². The standard InChI is InChI=1S/C12H22S/c1-11(2,3)9-7-8-13-10(9)12(4,5)6/h7-10H,1-6H3. The monoisotopic (exact) mass is 198 g/mol. The Kier molecular flexibility index (Phi) is 2.87. The molecule has 0 radical (unpaired) electrons. The molecule has 76 valence electrons. The zero-order valence-electron chi connectivity index (χ0n) is 9.72. The van der Waals surface area contributed by atoms with Gasteiger partial charge in [0.15, 0.2) is 0 Å². The van der Waals surface area contributed by atoms with Gasteiger partial charge in [-0.25, -0.2) is 0 Å². The molecule has 0 aromatic rings. The molecule has 0 aliphatic carbocycles. The third kappa shape index (κ3) is 2.52. The van der Waals surface area contributed by atoms with E-state index >= 15 is 0 Å². The summed E-state index contributed by atoms with van der Waals surface area (Å²) in [5.74, 6) is 0.720. The van der Waals surface area contributed by atoms with E-state index in [1.54, 1.807) is 0 Å². The van der Waals surface area contributed by atoms with Crippen LogP contribution in [-0.2, 0) is 0 Å². The van der Waals surface area contributed by atoms with E-state index in [4.69, 9.17) is 0 Å². The Bertz CT molecular complexity index is 202.